The molecule has 1 fully saturated rings. The van der Waals surface area contributed by atoms with Crippen molar-refractivity contribution in [1.29, 1.82) is 5.26 Å². The third-order valence-corrected chi connectivity index (χ3v) is 5.16. The van der Waals surface area contributed by atoms with E-state index in [2.05, 4.69) is 4.98 Å². The van der Waals surface area contributed by atoms with Gasteiger partial charge in [0.25, 0.3) is 5.91 Å². The molecule has 1 saturated heterocycles. The maximum Gasteiger partial charge on any atom is 0.389 e. The van der Waals surface area contributed by atoms with E-state index in [1.54, 1.807) is 18.2 Å². The molecule has 7 nitrogen and oxygen atoms in total. The van der Waals surface area contributed by atoms with Crippen molar-refractivity contribution in [3.8, 4) is 17.2 Å². The lowest BCUT2D eigenvalue weighted by Crippen LogP contribution is -2.57. The van der Waals surface area contributed by atoms with Crippen molar-refractivity contribution in [2.45, 2.75) is 25.1 Å². The Kier molecular flexibility index (Phi) is 6.15. The molecule has 162 valence electrons. The molecule has 0 saturated carbocycles. The summed E-state index contributed by atoms with van der Waals surface area (Å²) in [7, 11) is 1.51. The molecule has 1 aliphatic heterocycles. The Morgan fingerprint density at radius 3 is 2.71 bits per heavy atom. The molecular formula is C21H20F3N5O2. The summed E-state index contributed by atoms with van der Waals surface area (Å²) in [6, 6.07) is 8.71. The average Bonchev–Trinajstić information content (AvgIpc) is 2.74. The minimum absolute atomic E-state index is 0.0851. The van der Waals surface area contributed by atoms with Gasteiger partial charge in [0.15, 0.2) is 0 Å². The molecule has 2 heterocycles. The Hall–Kier alpha value is -3.61. The van der Waals surface area contributed by atoms with Crippen LogP contribution in [0.5, 0.6) is 0 Å². The van der Waals surface area contributed by atoms with E-state index < -0.39 is 36.9 Å². The molecule has 2 N–H and O–H groups in total. The molecule has 31 heavy (non-hydrogen) atoms. The lowest BCUT2D eigenvalue weighted by molar-refractivity contribution is -0.148. The Labute approximate surface area is 176 Å². The van der Waals surface area contributed by atoms with Crippen LogP contribution in [-0.2, 0) is 4.79 Å². The number of nitrogens with zero attached hydrogens (tertiary/aromatic N) is 4. The Morgan fingerprint density at radius 1 is 1.29 bits per heavy atom. The summed E-state index contributed by atoms with van der Waals surface area (Å²) in [6.07, 6.45) is -4.61. The van der Waals surface area contributed by atoms with Crippen molar-refractivity contribution in [3.63, 3.8) is 0 Å². The quantitative estimate of drug-likeness (QED) is 0.802. The molecule has 1 aromatic heterocycles. The Bertz CT molecular complexity index is 1050. The van der Waals surface area contributed by atoms with E-state index in [0.29, 0.717) is 11.1 Å². The van der Waals surface area contributed by atoms with Crippen LogP contribution in [0.1, 0.15) is 28.8 Å². The number of nitrogen functional groups attached to an aromatic ring is 1. The van der Waals surface area contributed by atoms with Crippen LogP contribution in [0, 0.1) is 11.3 Å². The second-order valence-corrected chi connectivity index (χ2v) is 7.28. The standard InChI is InChI=1S/C21H20F3N5O2/c1-28-7-8-29(17(20(28)31)5-6-21(22,23)24)19(30)14-4-2-3-13(9-14)16-10-15(11-25)18(26)27-12-16/h2-4,9-10,12,17H,5-8H2,1H3,(H2,26,27). The molecular weight excluding hydrogens is 411 g/mol. The van der Waals surface area contributed by atoms with Gasteiger partial charge in [-0.25, -0.2) is 4.98 Å². The van der Waals surface area contributed by atoms with E-state index in [1.807, 2.05) is 6.07 Å². The van der Waals surface area contributed by atoms with Crippen LogP contribution in [0.15, 0.2) is 36.5 Å². The number of pyridine rings is 1. The van der Waals surface area contributed by atoms with Crippen LogP contribution in [-0.4, -0.2) is 59.0 Å². The minimum atomic E-state index is -4.43. The first-order chi connectivity index (χ1) is 14.6. The zero-order valence-corrected chi connectivity index (χ0v) is 16.7. The number of benzene rings is 1. The van der Waals surface area contributed by atoms with Gasteiger partial charge in [-0.05, 0) is 30.2 Å². The summed E-state index contributed by atoms with van der Waals surface area (Å²) >= 11 is 0. The minimum Gasteiger partial charge on any atom is -0.383 e. The van der Waals surface area contributed by atoms with Gasteiger partial charge in [0, 0.05) is 43.9 Å². The van der Waals surface area contributed by atoms with Gasteiger partial charge in [0.1, 0.15) is 17.9 Å². The van der Waals surface area contributed by atoms with E-state index in [1.165, 1.54) is 35.2 Å². The van der Waals surface area contributed by atoms with Gasteiger partial charge in [0.2, 0.25) is 5.91 Å². The number of carbonyl (C=O) groups excluding carboxylic acids is 2. The average molecular weight is 431 g/mol. The molecule has 0 bridgehead atoms. The summed E-state index contributed by atoms with van der Waals surface area (Å²) in [5, 5.41) is 9.14. The van der Waals surface area contributed by atoms with Crippen LogP contribution in [0.3, 0.4) is 0 Å². The Balaban J connectivity index is 1.90. The summed E-state index contributed by atoms with van der Waals surface area (Å²) in [5.41, 5.74) is 7.20. The van der Waals surface area contributed by atoms with Crippen molar-refractivity contribution < 1.29 is 22.8 Å². The summed E-state index contributed by atoms with van der Waals surface area (Å²) in [5.74, 6) is -0.956. The molecule has 0 aliphatic carbocycles. The molecule has 3 rings (SSSR count). The normalized spacial score (nSPS) is 16.9. The van der Waals surface area contributed by atoms with Gasteiger partial charge in [-0.1, -0.05) is 12.1 Å². The molecule has 1 aliphatic rings. The molecule has 0 radical (unpaired) electrons. The van der Waals surface area contributed by atoms with Crippen molar-refractivity contribution in [2.75, 3.05) is 25.9 Å². The number of carbonyl (C=O) groups is 2. The summed E-state index contributed by atoms with van der Waals surface area (Å²) in [6.45, 7) is 0.371. The van der Waals surface area contributed by atoms with Gasteiger partial charge < -0.3 is 15.5 Å². The van der Waals surface area contributed by atoms with Crippen LogP contribution in [0.2, 0.25) is 0 Å². The fourth-order valence-corrected chi connectivity index (χ4v) is 3.45. The maximum atomic E-state index is 13.1. The molecule has 1 aromatic carbocycles. The lowest BCUT2D eigenvalue weighted by atomic mass is 10.0. The monoisotopic (exact) mass is 431 g/mol. The van der Waals surface area contributed by atoms with E-state index >= 15 is 0 Å². The van der Waals surface area contributed by atoms with Crippen LogP contribution in [0.25, 0.3) is 11.1 Å². The number of rotatable bonds is 4. The van der Waals surface area contributed by atoms with Crippen LogP contribution >= 0.6 is 0 Å². The number of amides is 2. The summed E-state index contributed by atoms with van der Waals surface area (Å²) in [4.78, 5) is 32.1. The van der Waals surface area contributed by atoms with Crippen molar-refractivity contribution in [2.24, 2.45) is 0 Å². The SMILES string of the molecule is CN1CCN(C(=O)c2cccc(-c3cnc(N)c(C#N)c3)c2)C(CCC(F)(F)F)C1=O. The third kappa shape index (κ3) is 4.94. The number of anilines is 1. The topological polar surface area (TPSA) is 103 Å². The second-order valence-electron chi connectivity index (χ2n) is 7.28. The van der Waals surface area contributed by atoms with E-state index in [-0.39, 0.29) is 30.0 Å². The first-order valence-electron chi connectivity index (χ1n) is 9.49. The first kappa shape index (κ1) is 22.1. The lowest BCUT2D eigenvalue weighted by Gasteiger charge is -2.39. The van der Waals surface area contributed by atoms with Crippen molar-refractivity contribution in [1.82, 2.24) is 14.8 Å². The van der Waals surface area contributed by atoms with Crippen LogP contribution < -0.4 is 5.73 Å². The second kappa shape index (κ2) is 8.63. The Morgan fingerprint density at radius 2 is 2.03 bits per heavy atom. The highest BCUT2D eigenvalue weighted by Gasteiger charge is 2.39. The molecule has 1 atom stereocenters. The predicted octanol–water partition coefficient (Wildman–Crippen LogP) is 2.83. The third-order valence-electron chi connectivity index (χ3n) is 5.16. The highest BCUT2D eigenvalue weighted by molar-refractivity contribution is 5.99. The first-order valence-corrected chi connectivity index (χ1v) is 9.49. The van der Waals surface area contributed by atoms with Gasteiger partial charge in [-0.2, -0.15) is 18.4 Å². The van der Waals surface area contributed by atoms with Gasteiger partial charge >= 0.3 is 6.18 Å². The number of nitriles is 1. The van der Waals surface area contributed by atoms with E-state index in [9.17, 15) is 22.8 Å². The number of nitrogens with two attached hydrogens (primary N) is 1. The summed E-state index contributed by atoms with van der Waals surface area (Å²) < 4.78 is 38.3. The zero-order chi connectivity index (χ0) is 22.8. The van der Waals surface area contributed by atoms with E-state index in [4.69, 9.17) is 11.0 Å². The van der Waals surface area contributed by atoms with Crippen LogP contribution in [0.4, 0.5) is 19.0 Å². The van der Waals surface area contributed by atoms with Crippen molar-refractivity contribution in [3.05, 3.63) is 47.7 Å². The van der Waals surface area contributed by atoms with Gasteiger partial charge in [-0.3, -0.25) is 9.59 Å². The number of aromatic nitrogens is 1. The number of halogens is 3. The zero-order valence-electron chi connectivity index (χ0n) is 16.7. The van der Waals surface area contributed by atoms with Gasteiger partial charge in [0.05, 0.1) is 5.56 Å². The van der Waals surface area contributed by atoms with Gasteiger partial charge in [-0.15, -0.1) is 0 Å². The van der Waals surface area contributed by atoms with E-state index in [0.717, 1.165) is 0 Å². The molecule has 1 unspecified atom stereocenters. The fourth-order valence-electron chi connectivity index (χ4n) is 3.45. The highest BCUT2D eigenvalue weighted by atomic mass is 19.4. The van der Waals surface area contributed by atoms with Crippen molar-refractivity contribution >= 4 is 17.6 Å². The fraction of sp³-hybridized carbons (Fsp3) is 0.333. The molecule has 2 amide bonds. The number of hydrogen-bond acceptors (Lipinski definition) is 5. The largest absolute Gasteiger partial charge is 0.389 e. The number of hydrogen-bond donors (Lipinski definition) is 1. The highest BCUT2D eigenvalue weighted by Crippen LogP contribution is 2.28. The number of piperazine rings is 1. The molecule has 0 spiro atoms. The number of likely N-dealkylation sites (N-methyl/N-ethyl adjacent to an activating group) is 1. The number of alkyl halides is 3. The predicted molar refractivity (Wildman–Crippen MR) is 107 cm³/mol. The molecule has 2 aromatic rings. The molecule has 10 heteroatoms. The maximum absolute atomic E-state index is 13.1. The smallest absolute Gasteiger partial charge is 0.383 e.